The van der Waals surface area contributed by atoms with Crippen LogP contribution >= 0.6 is 0 Å². The molecule has 0 spiro atoms. The number of nitrogens with zero attached hydrogens (tertiary/aromatic N) is 1. The van der Waals surface area contributed by atoms with E-state index >= 15 is 0 Å². The van der Waals surface area contributed by atoms with Crippen LogP contribution in [-0.4, -0.2) is 37.4 Å². The maximum atomic E-state index is 13.2. The number of carbonyl (C=O) groups is 2. The van der Waals surface area contributed by atoms with E-state index in [0.29, 0.717) is 16.9 Å². The summed E-state index contributed by atoms with van der Waals surface area (Å²) in [7, 11) is -2.34. The van der Waals surface area contributed by atoms with Crippen molar-refractivity contribution in [3.05, 3.63) is 78.5 Å². The van der Waals surface area contributed by atoms with Gasteiger partial charge in [-0.05, 0) is 41.5 Å². The first-order valence-electron chi connectivity index (χ1n) is 8.64. The van der Waals surface area contributed by atoms with Crippen LogP contribution in [0.3, 0.4) is 0 Å². The van der Waals surface area contributed by atoms with Gasteiger partial charge in [0.05, 0.1) is 24.0 Å². The van der Waals surface area contributed by atoms with E-state index in [4.69, 9.17) is 4.74 Å². The SMILES string of the molecule is COc1ccc(C2=CN(S(=O)(=O)c3ccccc3)C3C=CC(=O)C(=O)C23)cc1. The average molecular weight is 395 g/mol. The summed E-state index contributed by atoms with van der Waals surface area (Å²) >= 11 is 0. The monoisotopic (exact) mass is 395 g/mol. The highest BCUT2D eigenvalue weighted by atomic mass is 32.2. The molecule has 0 fully saturated rings. The zero-order valence-corrected chi connectivity index (χ0v) is 15.8. The number of ether oxygens (including phenoxy) is 1. The van der Waals surface area contributed by atoms with Crippen molar-refractivity contribution >= 4 is 27.2 Å². The van der Waals surface area contributed by atoms with Crippen molar-refractivity contribution in [2.24, 2.45) is 5.92 Å². The second-order valence-electron chi connectivity index (χ2n) is 6.52. The first kappa shape index (κ1) is 18.2. The van der Waals surface area contributed by atoms with E-state index in [2.05, 4.69) is 0 Å². The third-order valence-electron chi connectivity index (χ3n) is 4.95. The van der Waals surface area contributed by atoms with Crippen LogP contribution in [0.15, 0.2) is 77.8 Å². The number of Topliss-reactive ketones (excluding diaryl/α,β-unsaturated/α-hetero) is 1. The smallest absolute Gasteiger partial charge is 0.264 e. The van der Waals surface area contributed by atoms with Crippen LogP contribution in [0.5, 0.6) is 5.75 Å². The minimum atomic E-state index is -3.89. The molecule has 2 aliphatic rings. The number of ketones is 2. The Morgan fingerprint density at radius 3 is 2.29 bits per heavy atom. The maximum Gasteiger partial charge on any atom is 0.264 e. The van der Waals surface area contributed by atoms with Crippen LogP contribution in [0, 0.1) is 5.92 Å². The van der Waals surface area contributed by atoms with Crippen molar-refractivity contribution in [3.63, 3.8) is 0 Å². The van der Waals surface area contributed by atoms with Gasteiger partial charge in [0.25, 0.3) is 10.0 Å². The minimum Gasteiger partial charge on any atom is -0.497 e. The number of hydrogen-bond acceptors (Lipinski definition) is 5. The molecule has 6 nitrogen and oxygen atoms in total. The van der Waals surface area contributed by atoms with Crippen molar-refractivity contribution in [1.82, 2.24) is 4.31 Å². The zero-order valence-electron chi connectivity index (χ0n) is 15.0. The summed E-state index contributed by atoms with van der Waals surface area (Å²) in [6.45, 7) is 0. The largest absolute Gasteiger partial charge is 0.497 e. The van der Waals surface area contributed by atoms with Crippen LogP contribution in [0.25, 0.3) is 5.57 Å². The van der Waals surface area contributed by atoms with Crippen molar-refractivity contribution in [2.75, 3.05) is 7.11 Å². The van der Waals surface area contributed by atoms with Gasteiger partial charge in [-0.15, -0.1) is 0 Å². The van der Waals surface area contributed by atoms with Gasteiger partial charge in [0.1, 0.15) is 5.75 Å². The topological polar surface area (TPSA) is 80.8 Å². The molecule has 0 radical (unpaired) electrons. The lowest BCUT2D eigenvalue weighted by molar-refractivity contribution is -0.136. The van der Waals surface area contributed by atoms with Gasteiger partial charge in [0.15, 0.2) is 0 Å². The Balaban J connectivity index is 1.84. The fourth-order valence-corrected chi connectivity index (χ4v) is 5.04. The molecule has 0 saturated carbocycles. The van der Waals surface area contributed by atoms with Gasteiger partial charge in [-0.1, -0.05) is 36.4 Å². The number of allylic oxidation sites excluding steroid dienone is 1. The predicted octanol–water partition coefficient (Wildman–Crippen LogP) is 2.43. The van der Waals surface area contributed by atoms with Crippen molar-refractivity contribution in [3.8, 4) is 5.75 Å². The van der Waals surface area contributed by atoms with Crippen molar-refractivity contribution in [1.29, 1.82) is 0 Å². The normalized spacial score (nSPS) is 21.5. The third kappa shape index (κ3) is 2.84. The molecule has 0 aromatic heterocycles. The fraction of sp³-hybridized carbons (Fsp3) is 0.143. The van der Waals surface area contributed by atoms with Crippen LogP contribution in [-0.2, 0) is 19.6 Å². The lowest BCUT2D eigenvalue weighted by atomic mass is 9.82. The maximum absolute atomic E-state index is 13.2. The van der Waals surface area contributed by atoms with Gasteiger partial charge in [0.2, 0.25) is 11.6 Å². The summed E-state index contributed by atoms with van der Waals surface area (Å²) in [6, 6.07) is 14.2. The first-order chi connectivity index (χ1) is 13.4. The summed E-state index contributed by atoms with van der Waals surface area (Å²) < 4.78 is 32.7. The summed E-state index contributed by atoms with van der Waals surface area (Å²) in [5.41, 5.74) is 1.16. The number of sulfonamides is 1. The number of benzene rings is 2. The highest BCUT2D eigenvalue weighted by molar-refractivity contribution is 7.89. The molecular formula is C21H17NO5S. The second-order valence-corrected chi connectivity index (χ2v) is 8.36. The Kier molecular flexibility index (Phi) is 4.39. The number of fused-ring (bicyclic) bond motifs is 1. The number of hydrogen-bond donors (Lipinski definition) is 0. The Bertz CT molecular complexity index is 1100. The quantitative estimate of drug-likeness (QED) is 0.743. The number of carbonyl (C=O) groups excluding carboxylic acids is 2. The van der Waals surface area contributed by atoms with E-state index in [1.807, 2.05) is 0 Å². The Hall–Kier alpha value is -3.19. The van der Waals surface area contributed by atoms with Gasteiger partial charge in [-0.3, -0.25) is 13.9 Å². The Morgan fingerprint density at radius 1 is 0.964 bits per heavy atom. The van der Waals surface area contributed by atoms with Crippen molar-refractivity contribution < 1.29 is 22.7 Å². The van der Waals surface area contributed by atoms with E-state index in [-0.39, 0.29) is 4.90 Å². The molecule has 2 atom stereocenters. The molecule has 1 aliphatic heterocycles. The lowest BCUT2D eigenvalue weighted by Gasteiger charge is -2.28. The van der Waals surface area contributed by atoms with Crippen LogP contribution in [0.1, 0.15) is 5.56 Å². The average Bonchev–Trinajstić information content (AvgIpc) is 3.12. The standard InChI is InChI=1S/C21H17NO5S/c1-27-15-9-7-14(8-10-15)17-13-22(18-11-12-19(23)21(24)20(17)18)28(25,26)16-5-3-2-4-6-16/h2-13,18,20H,1H3. The molecule has 2 aromatic rings. The van der Waals surface area contributed by atoms with E-state index in [1.54, 1.807) is 49.6 Å². The van der Waals surface area contributed by atoms with E-state index in [9.17, 15) is 18.0 Å². The molecule has 0 bridgehead atoms. The Labute approximate surface area is 162 Å². The summed E-state index contributed by atoms with van der Waals surface area (Å²) in [6.07, 6.45) is 4.10. The first-order valence-corrected chi connectivity index (χ1v) is 10.1. The molecular weight excluding hydrogens is 378 g/mol. The number of rotatable bonds is 4. The molecule has 142 valence electrons. The molecule has 2 aromatic carbocycles. The van der Waals surface area contributed by atoms with Gasteiger partial charge in [-0.2, -0.15) is 0 Å². The zero-order chi connectivity index (χ0) is 19.9. The molecule has 0 N–H and O–H groups in total. The van der Waals surface area contributed by atoms with Gasteiger partial charge in [0, 0.05) is 6.20 Å². The van der Waals surface area contributed by atoms with E-state index < -0.39 is 33.5 Å². The molecule has 0 amide bonds. The molecule has 1 aliphatic carbocycles. The summed E-state index contributed by atoms with van der Waals surface area (Å²) in [5.74, 6) is -1.47. The molecule has 0 saturated heterocycles. The van der Waals surface area contributed by atoms with Gasteiger partial charge < -0.3 is 4.74 Å². The lowest BCUT2D eigenvalue weighted by Crippen LogP contribution is -2.42. The second kappa shape index (κ2) is 6.76. The third-order valence-corrected chi connectivity index (χ3v) is 6.72. The number of methoxy groups -OCH3 is 1. The molecule has 4 rings (SSSR count). The fourth-order valence-electron chi connectivity index (χ4n) is 3.53. The molecule has 2 unspecified atom stereocenters. The minimum absolute atomic E-state index is 0.124. The molecule has 28 heavy (non-hydrogen) atoms. The van der Waals surface area contributed by atoms with Crippen LogP contribution in [0.2, 0.25) is 0 Å². The highest BCUT2D eigenvalue weighted by Crippen LogP contribution is 2.41. The van der Waals surface area contributed by atoms with Crippen molar-refractivity contribution in [2.45, 2.75) is 10.9 Å². The van der Waals surface area contributed by atoms with Crippen LogP contribution < -0.4 is 4.74 Å². The van der Waals surface area contributed by atoms with E-state index in [1.165, 1.54) is 28.7 Å². The van der Waals surface area contributed by atoms with Gasteiger partial charge >= 0.3 is 0 Å². The Morgan fingerprint density at radius 2 is 1.64 bits per heavy atom. The summed E-state index contributed by atoms with van der Waals surface area (Å²) in [5, 5.41) is 0. The summed E-state index contributed by atoms with van der Waals surface area (Å²) in [4.78, 5) is 24.7. The highest BCUT2D eigenvalue weighted by Gasteiger charge is 2.47. The predicted molar refractivity (Wildman–Crippen MR) is 103 cm³/mol. The van der Waals surface area contributed by atoms with Gasteiger partial charge in [-0.25, -0.2) is 8.42 Å². The molecule has 7 heteroatoms. The molecule has 1 heterocycles. The van der Waals surface area contributed by atoms with Crippen LogP contribution in [0.4, 0.5) is 0 Å². The van der Waals surface area contributed by atoms with E-state index in [0.717, 1.165) is 6.08 Å².